The van der Waals surface area contributed by atoms with Gasteiger partial charge in [-0.1, -0.05) is 19.8 Å². The number of guanidine groups is 1. The summed E-state index contributed by atoms with van der Waals surface area (Å²) in [5.74, 6) is 2.77. The zero-order valence-corrected chi connectivity index (χ0v) is 18.1. The molecule has 0 aromatic carbocycles. The van der Waals surface area contributed by atoms with E-state index in [1.54, 1.807) is 0 Å². The van der Waals surface area contributed by atoms with Crippen LogP contribution in [-0.2, 0) is 18.4 Å². The number of unbranched alkanes of at least 4 members (excludes halogenated alkanes) is 1. The lowest BCUT2D eigenvalue weighted by Crippen LogP contribution is -2.47. The third kappa shape index (κ3) is 6.80. The van der Waals surface area contributed by atoms with Gasteiger partial charge in [0.05, 0.1) is 0 Å². The van der Waals surface area contributed by atoms with Gasteiger partial charge in [-0.05, 0) is 46.5 Å². The monoisotopic (exact) mass is 391 g/mol. The van der Waals surface area contributed by atoms with Gasteiger partial charge in [0.1, 0.15) is 12.4 Å². The highest BCUT2D eigenvalue weighted by Crippen LogP contribution is 2.24. The second kappa shape index (κ2) is 11.0. The molecule has 0 spiro atoms. The highest BCUT2D eigenvalue weighted by Gasteiger charge is 2.28. The maximum Gasteiger partial charge on any atom is 0.223 e. The molecule has 0 saturated heterocycles. The summed E-state index contributed by atoms with van der Waals surface area (Å²) in [6.45, 7) is 9.48. The van der Waals surface area contributed by atoms with Gasteiger partial charge < -0.3 is 20.5 Å². The molecular formula is C20H37N7O. The zero-order valence-electron chi connectivity index (χ0n) is 18.1. The van der Waals surface area contributed by atoms with E-state index in [4.69, 9.17) is 4.99 Å². The first kappa shape index (κ1) is 22.2. The quantitative estimate of drug-likeness (QED) is 0.358. The number of aryl methyl sites for hydroxylation is 1. The molecule has 0 radical (unpaired) electrons. The van der Waals surface area contributed by atoms with Crippen LogP contribution in [0.3, 0.4) is 0 Å². The maximum absolute atomic E-state index is 12.4. The highest BCUT2D eigenvalue weighted by molar-refractivity contribution is 5.81. The van der Waals surface area contributed by atoms with Crippen LogP contribution < -0.4 is 16.0 Å². The lowest BCUT2D eigenvalue weighted by Gasteiger charge is -2.30. The van der Waals surface area contributed by atoms with Crippen LogP contribution in [-0.4, -0.2) is 45.3 Å². The minimum absolute atomic E-state index is 0.0759. The number of aromatic nitrogens is 3. The summed E-state index contributed by atoms with van der Waals surface area (Å²) in [6.07, 6.45) is 6.14. The number of carbonyl (C=O) groups is 1. The Morgan fingerprint density at radius 3 is 2.75 bits per heavy atom. The highest BCUT2D eigenvalue weighted by atomic mass is 16.1. The van der Waals surface area contributed by atoms with Crippen LogP contribution in [0.25, 0.3) is 0 Å². The summed E-state index contributed by atoms with van der Waals surface area (Å²) in [4.78, 5) is 17.1. The molecule has 0 bridgehead atoms. The standard InChI is InChI=1S/C20H37N7O/c1-6-7-11-21-20(22-13-18-26-25-15(4)27(18)5)24-17-10-8-9-16(12-17)19(28)23-14(2)3/h14,16-17H,6-13H2,1-5H3,(H,23,28)(H2,21,22,24). The fraction of sp³-hybridized carbons (Fsp3) is 0.800. The lowest BCUT2D eigenvalue weighted by atomic mass is 9.85. The summed E-state index contributed by atoms with van der Waals surface area (Å²) in [5.41, 5.74) is 0. The first-order valence-electron chi connectivity index (χ1n) is 10.6. The second-order valence-corrected chi connectivity index (χ2v) is 8.04. The van der Waals surface area contributed by atoms with E-state index in [1.165, 1.54) is 0 Å². The van der Waals surface area contributed by atoms with Gasteiger partial charge >= 0.3 is 0 Å². The van der Waals surface area contributed by atoms with Crippen LogP contribution in [0.15, 0.2) is 4.99 Å². The van der Waals surface area contributed by atoms with E-state index in [-0.39, 0.29) is 23.9 Å². The van der Waals surface area contributed by atoms with Crippen LogP contribution >= 0.6 is 0 Å². The topological polar surface area (TPSA) is 96.2 Å². The molecule has 2 rings (SSSR count). The Bertz CT molecular complexity index is 653. The summed E-state index contributed by atoms with van der Waals surface area (Å²) in [7, 11) is 1.96. The van der Waals surface area contributed by atoms with Crippen LogP contribution in [0.1, 0.15) is 70.9 Å². The minimum Gasteiger partial charge on any atom is -0.356 e. The molecule has 2 unspecified atom stereocenters. The summed E-state index contributed by atoms with van der Waals surface area (Å²) < 4.78 is 1.96. The van der Waals surface area contributed by atoms with Crippen molar-refractivity contribution in [1.29, 1.82) is 0 Å². The Hall–Kier alpha value is -2.12. The number of amides is 1. The van der Waals surface area contributed by atoms with Crippen molar-refractivity contribution in [3.05, 3.63) is 11.6 Å². The molecule has 1 aliphatic rings. The first-order chi connectivity index (χ1) is 13.4. The Morgan fingerprint density at radius 2 is 2.11 bits per heavy atom. The van der Waals surface area contributed by atoms with E-state index in [9.17, 15) is 4.79 Å². The maximum atomic E-state index is 12.4. The minimum atomic E-state index is 0.0759. The molecule has 1 heterocycles. The summed E-state index contributed by atoms with van der Waals surface area (Å²) in [5, 5.41) is 18.3. The second-order valence-electron chi connectivity index (χ2n) is 8.04. The van der Waals surface area contributed by atoms with Crippen molar-refractivity contribution in [2.75, 3.05) is 6.54 Å². The molecule has 158 valence electrons. The van der Waals surface area contributed by atoms with Crippen LogP contribution in [0.2, 0.25) is 0 Å². The number of rotatable bonds is 8. The fourth-order valence-corrected chi connectivity index (χ4v) is 3.43. The van der Waals surface area contributed by atoms with Crippen LogP contribution in [0.5, 0.6) is 0 Å². The van der Waals surface area contributed by atoms with Gasteiger partial charge in [-0.25, -0.2) is 4.99 Å². The van der Waals surface area contributed by atoms with E-state index in [2.05, 4.69) is 33.1 Å². The Labute approximate surface area is 169 Å². The van der Waals surface area contributed by atoms with Crippen molar-refractivity contribution in [2.45, 2.75) is 84.8 Å². The first-order valence-corrected chi connectivity index (χ1v) is 10.6. The summed E-state index contributed by atoms with van der Waals surface area (Å²) >= 11 is 0. The molecule has 1 aromatic heterocycles. The Morgan fingerprint density at radius 1 is 1.32 bits per heavy atom. The molecule has 1 aromatic rings. The van der Waals surface area contributed by atoms with Crippen LogP contribution in [0.4, 0.5) is 0 Å². The van der Waals surface area contributed by atoms with E-state index in [1.807, 2.05) is 32.4 Å². The third-order valence-electron chi connectivity index (χ3n) is 5.20. The van der Waals surface area contributed by atoms with Gasteiger partial charge in [0.25, 0.3) is 0 Å². The van der Waals surface area contributed by atoms with Gasteiger partial charge in [-0.3, -0.25) is 4.79 Å². The predicted octanol–water partition coefficient (Wildman–Crippen LogP) is 2.04. The van der Waals surface area contributed by atoms with Crippen molar-refractivity contribution in [2.24, 2.45) is 18.0 Å². The van der Waals surface area contributed by atoms with Crippen molar-refractivity contribution in [1.82, 2.24) is 30.7 Å². The molecule has 3 N–H and O–H groups in total. The van der Waals surface area contributed by atoms with Gasteiger partial charge in [0.2, 0.25) is 5.91 Å². The molecule has 8 heteroatoms. The smallest absolute Gasteiger partial charge is 0.223 e. The number of hydrogen-bond donors (Lipinski definition) is 3. The normalized spacial score (nSPS) is 20.3. The average molecular weight is 392 g/mol. The van der Waals surface area contributed by atoms with E-state index < -0.39 is 0 Å². The van der Waals surface area contributed by atoms with Gasteiger partial charge in [0, 0.05) is 31.6 Å². The van der Waals surface area contributed by atoms with E-state index in [0.717, 1.165) is 62.7 Å². The zero-order chi connectivity index (χ0) is 20.5. The number of nitrogens with zero attached hydrogens (tertiary/aromatic N) is 4. The van der Waals surface area contributed by atoms with E-state index >= 15 is 0 Å². The van der Waals surface area contributed by atoms with Gasteiger partial charge in [-0.2, -0.15) is 0 Å². The van der Waals surface area contributed by atoms with E-state index in [0.29, 0.717) is 6.54 Å². The molecule has 1 aliphatic carbocycles. The average Bonchev–Trinajstić information content (AvgIpc) is 2.98. The molecule has 2 atom stereocenters. The number of hydrogen-bond acceptors (Lipinski definition) is 4. The van der Waals surface area contributed by atoms with Crippen molar-refractivity contribution >= 4 is 11.9 Å². The fourth-order valence-electron chi connectivity index (χ4n) is 3.43. The number of nitrogens with one attached hydrogen (secondary N) is 3. The molecular weight excluding hydrogens is 354 g/mol. The third-order valence-corrected chi connectivity index (χ3v) is 5.20. The molecule has 1 amide bonds. The van der Waals surface area contributed by atoms with Crippen molar-refractivity contribution in [3.8, 4) is 0 Å². The Kier molecular flexibility index (Phi) is 8.73. The van der Waals surface area contributed by atoms with Crippen molar-refractivity contribution in [3.63, 3.8) is 0 Å². The number of aliphatic imine (C=N–C) groups is 1. The number of carbonyl (C=O) groups excluding carboxylic acids is 1. The van der Waals surface area contributed by atoms with Crippen molar-refractivity contribution < 1.29 is 4.79 Å². The SMILES string of the molecule is CCCCNC(=NCc1nnc(C)n1C)NC1CCCC(C(=O)NC(C)C)C1. The van der Waals surface area contributed by atoms with Gasteiger partial charge in [-0.15, -0.1) is 10.2 Å². The predicted molar refractivity (Wildman–Crippen MR) is 112 cm³/mol. The van der Waals surface area contributed by atoms with Gasteiger partial charge in [0.15, 0.2) is 11.8 Å². The molecule has 8 nitrogen and oxygen atoms in total. The summed E-state index contributed by atoms with van der Waals surface area (Å²) in [6, 6.07) is 0.439. The lowest BCUT2D eigenvalue weighted by molar-refractivity contribution is -0.126. The van der Waals surface area contributed by atoms with Crippen LogP contribution in [0, 0.1) is 12.8 Å². The molecule has 28 heavy (non-hydrogen) atoms. The Balaban J connectivity index is 1.99. The molecule has 1 fully saturated rings. The largest absolute Gasteiger partial charge is 0.356 e. The molecule has 0 aliphatic heterocycles. The molecule has 1 saturated carbocycles.